The van der Waals surface area contributed by atoms with E-state index >= 15 is 0 Å². The molecule has 0 radical (unpaired) electrons. The quantitative estimate of drug-likeness (QED) is 0.194. The van der Waals surface area contributed by atoms with Crippen LogP contribution >= 0.6 is 11.3 Å². The number of thiophene rings is 1. The summed E-state index contributed by atoms with van der Waals surface area (Å²) in [5, 5.41) is 5.68. The van der Waals surface area contributed by atoms with Crippen molar-refractivity contribution in [1.29, 1.82) is 0 Å². The maximum absolute atomic E-state index is 6.68. The minimum Gasteiger partial charge on any atom is -0.456 e. The number of benzene rings is 7. The zero-order chi connectivity index (χ0) is 31.6. The summed E-state index contributed by atoms with van der Waals surface area (Å²) >= 11 is 1.75. The Labute approximate surface area is 280 Å². The SMILES string of the molecule is c1ccc(-c2ccc(-c3cc(-c4nc(-c5ccccc5)c5sc6ccccc6c5n4)cc4oc5cc6ccccc6cc5c34)cc2)cc1. The van der Waals surface area contributed by atoms with Crippen LogP contribution in [0.4, 0.5) is 0 Å². The summed E-state index contributed by atoms with van der Waals surface area (Å²) < 4.78 is 8.98. The second-order valence-corrected chi connectivity index (χ2v) is 13.2. The van der Waals surface area contributed by atoms with E-state index in [0.29, 0.717) is 5.82 Å². The van der Waals surface area contributed by atoms with Crippen molar-refractivity contribution >= 4 is 64.4 Å². The van der Waals surface area contributed by atoms with Gasteiger partial charge in [0.25, 0.3) is 0 Å². The number of fused-ring (bicyclic) bond motifs is 7. The van der Waals surface area contributed by atoms with Crippen LogP contribution in [0.5, 0.6) is 0 Å². The lowest BCUT2D eigenvalue weighted by molar-refractivity contribution is 0.669. The highest BCUT2D eigenvalue weighted by Crippen LogP contribution is 2.43. The summed E-state index contributed by atoms with van der Waals surface area (Å²) in [7, 11) is 0. The molecule has 0 aliphatic carbocycles. The topological polar surface area (TPSA) is 38.9 Å². The Morgan fingerprint density at radius 2 is 1.10 bits per heavy atom. The molecule has 3 heterocycles. The van der Waals surface area contributed by atoms with Crippen LogP contribution in [0, 0.1) is 0 Å². The smallest absolute Gasteiger partial charge is 0.160 e. The van der Waals surface area contributed by atoms with Crippen LogP contribution in [0.1, 0.15) is 0 Å². The summed E-state index contributed by atoms with van der Waals surface area (Å²) in [4.78, 5) is 10.6. The van der Waals surface area contributed by atoms with E-state index < -0.39 is 0 Å². The van der Waals surface area contributed by atoms with E-state index in [2.05, 4.69) is 152 Å². The van der Waals surface area contributed by atoms with E-state index in [4.69, 9.17) is 14.4 Å². The van der Waals surface area contributed by atoms with Crippen LogP contribution in [0.2, 0.25) is 0 Å². The summed E-state index contributed by atoms with van der Waals surface area (Å²) in [5.74, 6) is 0.680. The molecule has 0 spiro atoms. The number of hydrogen-bond donors (Lipinski definition) is 0. The molecular weight excluding hydrogens is 605 g/mol. The summed E-state index contributed by atoms with van der Waals surface area (Å²) in [5.41, 5.74) is 10.2. The second-order valence-electron chi connectivity index (χ2n) is 12.2. The molecule has 0 atom stereocenters. The number of nitrogens with zero attached hydrogens (tertiary/aromatic N) is 2. The first-order valence-electron chi connectivity index (χ1n) is 16.1. The van der Waals surface area contributed by atoms with Crippen LogP contribution in [0.15, 0.2) is 162 Å². The van der Waals surface area contributed by atoms with Crippen LogP contribution in [-0.4, -0.2) is 9.97 Å². The molecule has 4 heteroatoms. The molecule has 0 N–H and O–H groups in total. The largest absolute Gasteiger partial charge is 0.456 e. The average Bonchev–Trinajstić information content (AvgIpc) is 3.71. The summed E-state index contributed by atoms with van der Waals surface area (Å²) in [6.07, 6.45) is 0. The zero-order valence-electron chi connectivity index (χ0n) is 25.7. The Hall–Kier alpha value is -6.10. The molecule has 0 fully saturated rings. The lowest BCUT2D eigenvalue weighted by atomic mass is 9.94. The third-order valence-corrected chi connectivity index (χ3v) is 10.4. The first kappa shape index (κ1) is 27.1. The maximum Gasteiger partial charge on any atom is 0.160 e. The van der Waals surface area contributed by atoms with Gasteiger partial charge in [0.1, 0.15) is 11.2 Å². The van der Waals surface area contributed by atoms with Gasteiger partial charge in [0, 0.05) is 32.0 Å². The molecule has 10 rings (SSSR count). The van der Waals surface area contributed by atoms with Gasteiger partial charge in [-0.05, 0) is 63.4 Å². The predicted molar refractivity (Wildman–Crippen MR) is 201 cm³/mol. The minimum absolute atomic E-state index is 0.680. The van der Waals surface area contributed by atoms with Gasteiger partial charge in [0.2, 0.25) is 0 Å². The Kier molecular flexibility index (Phi) is 6.05. The third kappa shape index (κ3) is 4.34. The molecule has 3 nitrogen and oxygen atoms in total. The fraction of sp³-hybridized carbons (Fsp3) is 0. The summed E-state index contributed by atoms with van der Waals surface area (Å²) in [6.45, 7) is 0. The highest BCUT2D eigenvalue weighted by atomic mass is 32.1. The summed E-state index contributed by atoms with van der Waals surface area (Å²) in [6, 6.07) is 55.5. The van der Waals surface area contributed by atoms with Crippen molar-refractivity contribution in [1.82, 2.24) is 9.97 Å². The molecule has 0 saturated carbocycles. The Bertz CT molecular complexity index is 2820. The molecule has 10 aromatic rings. The third-order valence-electron chi connectivity index (χ3n) is 9.27. The molecule has 7 aromatic carbocycles. The average molecular weight is 631 g/mol. The molecule has 0 aliphatic heterocycles. The van der Waals surface area contributed by atoms with Gasteiger partial charge in [-0.1, -0.05) is 127 Å². The number of rotatable bonds is 4. The van der Waals surface area contributed by atoms with Crippen molar-refractivity contribution in [3.05, 3.63) is 158 Å². The van der Waals surface area contributed by atoms with Crippen LogP contribution in [-0.2, 0) is 0 Å². The van der Waals surface area contributed by atoms with Gasteiger partial charge >= 0.3 is 0 Å². The van der Waals surface area contributed by atoms with Crippen molar-refractivity contribution in [2.45, 2.75) is 0 Å². The molecule has 0 saturated heterocycles. The second kappa shape index (κ2) is 10.7. The van der Waals surface area contributed by atoms with Crippen molar-refractivity contribution in [3.63, 3.8) is 0 Å². The van der Waals surface area contributed by atoms with Gasteiger partial charge in [0.15, 0.2) is 5.82 Å². The van der Waals surface area contributed by atoms with E-state index in [1.165, 1.54) is 21.2 Å². The van der Waals surface area contributed by atoms with Crippen molar-refractivity contribution in [3.8, 4) is 44.9 Å². The lowest BCUT2D eigenvalue weighted by Gasteiger charge is -2.11. The van der Waals surface area contributed by atoms with Crippen molar-refractivity contribution < 1.29 is 4.42 Å². The molecule has 0 aliphatic rings. The molecule has 0 unspecified atom stereocenters. The van der Waals surface area contributed by atoms with E-state index in [-0.39, 0.29) is 0 Å². The van der Waals surface area contributed by atoms with E-state index in [1.54, 1.807) is 11.3 Å². The van der Waals surface area contributed by atoms with Gasteiger partial charge in [-0.2, -0.15) is 0 Å². The van der Waals surface area contributed by atoms with Gasteiger partial charge in [-0.15, -0.1) is 11.3 Å². The minimum atomic E-state index is 0.680. The van der Waals surface area contributed by atoms with Gasteiger partial charge in [0.05, 0.1) is 15.9 Å². The number of aromatic nitrogens is 2. The lowest BCUT2D eigenvalue weighted by Crippen LogP contribution is -1.94. The number of furan rings is 1. The van der Waals surface area contributed by atoms with E-state index in [9.17, 15) is 0 Å². The van der Waals surface area contributed by atoms with Gasteiger partial charge in [-0.25, -0.2) is 9.97 Å². The normalized spacial score (nSPS) is 11.8. The van der Waals surface area contributed by atoms with Crippen molar-refractivity contribution in [2.75, 3.05) is 0 Å². The fourth-order valence-corrected chi connectivity index (χ4v) is 8.09. The Balaban J connectivity index is 1.26. The first-order valence-corrected chi connectivity index (χ1v) is 16.9. The molecule has 3 aromatic heterocycles. The van der Waals surface area contributed by atoms with E-state index in [1.807, 2.05) is 6.07 Å². The van der Waals surface area contributed by atoms with Gasteiger partial charge in [-0.3, -0.25) is 0 Å². The molecular formula is C44H26N2OS. The molecule has 0 amide bonds. The first-order chi connectivity index (χ1) is 23.8. The molecule has 224 valence electrons. The highest BCUT2D eigenvalue weighted by molar-refractivity contribution is 7.26. The fourth-order valence-electron chi connectivity index (χ4n) is 6.93. The van der Waals surface area contributed by atoms with Gasteiger partial charge < -0.3 is 4.42 Å². The van der Waals surface area contributed by atoms with E-state index in [0.717, 1.165) is 70.9 Å². The predicted octanol–water partition coefficient (Wildman–Crippen LogP) is 12.6. The number of hydrogen-bond acceptors (Lipinski definition) is 4. The van der Waals surface area contributed by atoms with Crippen LogP contribution < -0.4 is 0 Å². The maximum atomic E-state index is 6.68. The van der Waals surface area contributed by atoms with Crippen molar-refractivity contribution in [2.24, 2.45) is 0 Å². The van der Waals surface area contributed by atoms with Crippen LogP contribution in [0.3, 0.4) is 0 Å². The Morgan fingerprint density at radius 3 is 1.90 bits per heavy atom. The molecule has 0 bridgehead atoms. The molecule has 48 heavy (non-hydrogen) atoms. The Morgan fingerprint density at radius 1 is 0.458 bits per heavy atom. The highest BCUT2D eigenvalue weighted by Gasteiger charge is 2.20. The van der Waals surface area contributed by atoms with Crippen LogP contribution in [0.25, 0.3) is 97.9 Å². The standard InChI is InChI=1S/C44H26N2OS/c1-3-11-27(12-4-1)28-19-21-29(22-20-28)35-24-33(26-38-40(35)36-23-31-15-7-8-16-32(31)25-37(36)47-38)44-45-41(30-13-5-2-6-14-30)43-42(46-44)34-17-9-10-18-39(34)48-43/h1-26H. The monoisotopic (exact) mass is 630 g/mol. The zero-order valence-corrected chi connectivity index (χ0v) is 26.5.